The van der Waals surface area contributed by atoms with Crippen LogP contribution in [-0.4, -0.2) is 22.9 Å². The van der Waals surface area contributed by atoms with Gasteiger partial charge in [0.1, 0.15) is 6.61 Å². The Morgan fingerprint density at radius 2 is 2.14 bits per heavy atom. The number of rotatable bonds is 7. The van der Waals surface area contributed by atoms with Crippen molar-refractivity contribution < 1.29 is 9.47 Å². The van der Waals surface area contributed by atoms with Crippen LogP contribution in [0.4, 0.5) is 0 Å². The molecule has 2 N–H and O–H groups in total. The van der Waals surface area contributed by atoms with E-state index in [1.54, 1.807) is 4.68 Å². The molecule has 114 valence electrons. The van der Waals surface area contributed by atoms with Crippen LogP contribution in [0.1, 0.15) is 18.2 Å². The summed E-state index contributed by atoms with van der Waals surface area (Å²) in [5, 5.41) is 4.30. The van der Waals surface area contributed by atoms with Gasteiger partial charge in [-0.3, -0.25) is 4.68 Å². The molecule has 0 fully saturated rings. The van der Waals surface area contributed by atoms with E-state index in [9.17, 15) is 0 Å². The van der Waals surface area contributed by atoms with Gasteiger partial charge < -0.3 is 15.2 Å². The van der Waals surface area contributed by atoms with E-state index in [4.69, 9.17) is 15.2 Å². The van der Waals surface area contributed by atoms with E-state index < -0.39 is 0 Å². The SMILES string of the molecule is CCOc1cc(CCN)cc(Br)c1OCc1ccn(C)n1. The number of nitrogens with zero attached hydrogens (tertiary/aromatic N) is 2. The lowest BCUT2D eigenvalue weighted by molar-refractivity contribution is 0.264. The summed E-state index contributed by atoms with van der Waals surface area (Å²) in [6.45, 7) is 3.53. The number of hydrogen-bond acceptors (Lipinski definition) is 4. The van der Waals surface area contributed by atoms with Crippen molar-refractivity contribution in [1.29, 1.82) is 0 Å². The second-order valence-corrected chi connectivity index (χ2v) is 5.50. The summed E-state index contributed by atoms with van der Waals surface area (Å²) >= 11 is 3.55. The molecule has 0 spiro atoms. The Bertz CT molecular complexity index is 599. The van der Waals surface area contributed by atoms with Crippen LogP contribution >= 0.6 is 15.9 Å². The van der Waals surface area contributed by atoms with E-state index >= 15 is 0 Å². The van der Waals surface area contributed by atoms with Crippen molar-refractivity contribution in [3.8, 4) is 11.5 Å². The molecule has 0 amide bonds. The van der Waals surface area contributed by atoms with E-state index in [1.165, 1.54) is 0 Å². The first-order chi connectivity index (χ1) is 10.1. The highest BCUT2D eigenvalue weighted by atomic mass is 79.9. The monoisotopic (exact) mass is 353 g/mol. The molecule has 0 radical (unpaired) electrons. The molecule has 0 aliphatic carbocycles. The minimum atomic E-state index is 0.399. The van der Waals surface area contributed by atoms with E-state index in [-0.39, 0.29) is 0 Å². The predicted molar refractivity (Wildman–Crippen MR) is 85.6 cm³/mol. The van der Waals surface area contributed by atoms with Gasteiger partial charge in [-0.25, -0.2) is 0 Å². The molecular weight excluding hydrogens is 334 g/mol. The maximum Gasteiger partial charge on any atom is 0.175 e. The fourth-order valence-corrected chi connectivity index (χ4v) is 2.63. The Kier molecular flexibility index (Phi) is 5.64. The topological polar surface area (TPSA) is 62.3 Å². The first kappa shape index (κ1) is 15.9. The number of aryl methyl sites for hydroxylation is 1. The Morgan fingerprint density at radius 1 is 1.33 bits per heavy atom. The molecule has 2 rings (SSSR count). The Morgan fingerprint density at radius 3 is 2.76 bits per heavy atom. The molecule has 0 unspecified atom stereocenters. The minimum Gasteiger partial charge on any atom is -0.490 e. The van der Waals surface area contributed by atoms with Crippen LogP contribution in [0.15, 0.2) is 28.9 Å². The minimum absolute atomic E-state index is 0.399. The summed E-state index contributed by atoms with van der Waals surface area (Å²) in [6.07, 6.45) is 2.70. The average Bonchev–Trinajstić information content (AvgIpc) is 2.84. The van der Waals surface area contributed by atoms with Gasteiger partial charge in [0.05, 0.1) is 16.8 Å². The highest BCUT2D eigenvalue weighted by Crippen LogP contribution is 2.37. The van der Waals surface area contributed by atoms with Crippen LogP contribution in [0.2, 0.25) is 0 Å². The third-order valence-electron chi connectivity index (χ3n) is 2.94. The van der Waals surface area contributed by atoms with Gasteiger partial charge in [-0.1, -0.05) is 0 Å². The van der Waals surface area contributed by atoms with E-state index in [1.807, 2.05) is 38.4 Å². The number of ether oxygens (including phenoxy) is 2. The largest absolute Gasteiger partial charge is 0.490 e. The zero-order chi connectivity index (χ0) is 15.2. The number of aromatic nitrogens is 2. The number of benzene rings is 1. The smallest absolute Gasteiger partial charge is 0.175 e. The van der Waals surface area contributed by atoms with Crippen LogP contribution in [0.25, 0.3) is 0 Å². The van der Waals surface area contributed by atoms with Crippen LogP contribution < -0.4 is 15.2 Å². The number of nitrogens with two attached hydrogens (primary N) is 1. The second kappa shape index (κ2) is 7.47. The van der Waals surface area contributed by atoms with Crippen LogP contribution in [0, 0.1) is 0 Å². The molecule has 1 heterocycles. The standard InChI is InChI=1S/C15H20BrN3O2/c1-3-20-14-9-11(4-6-17)8-13(16)15(14)21-10-12-5-7-19(2)18-12/h5,7-9H,3-4,6,10,17H2,1-2H3. The molecule has 1 aromatic carbocycles. The summed E-state index contributed by atoms with van der Waals surface area (Å²) in [4.78, 5) is 0. The number of hydrogen-bond donors (Lipinski definition) is 1. The molecule has 0 bridgehead atoms. The first-order valence-electron chi connectivity index (χ1n) is 6.90. The highest BCUT2D eigenvalue weighted by molar-refractivity contribution is 9.10. The van der Waals surface area contributed by atoms with Gasteiger partial charge in [-0.15, -0.1) is 0 Å². The maximum absolute atomic E-state index is 5.87. The third-order valence-corrected chi connectivity index (χ3v) is 3.52. The molecule has 0 saturated carbocycles. The normalized spacial score (nSPS) is 10.7. The molecule has 0 aliphatic heterocycles. The van der Waals surface area contributed by atoms with E-state index in [0.29, 0.717) is 25.5 Å². The van der Waals surface area contributed by atoms with Crippen LogP contribution in [0.5, 0.6) is 11.5 Å². The summed E-state index contributed by atoms with van der Waals surface area (Å²) < 4.78 is 14.2. The first-order valence-corrected chi connectivity index (χ1v) is 7.70. The molecule has 0 aliphatic rings. The van der Waals surface area contributed by atoms with E-state index in [0.717, 1.165) is 27.9 Å². The highest BCUT2D eigenvalue weighted by Gasteiger charge is 2.13. The third kappa shape index (κ3) is 4.22. The predicted octanol–water partition coefficient (Wildman–Crippen LogP) is 2.66. The summed E-state index contributed by atoms with van der Waals surface area (Å²) in [5.41, 5.74) is 7.61. The molecule has 2 aromatic rings. The van der Waals surface area contributed by atoms with Crippen molar-refractivity contribution in [3.63, 3.8) is 0 Å². The zero-order valence-corrected chi connectivity index (χ0v) is 13.9. The Hall–Kier alpha value is -1.53. The molecule has 1 aromatic heterocycles. The fourth-order valence-electron chi connectivity index (χ4n) is 2.02. The zero-order valence-electron chi connectivity index (χ0n) is 12.3. The number of halogens is 1. The average molecular weight is 354 g/mol. The molecule has 0 atom stereocenters. The second-order valence-electron chi connectivity index (χ2n) is 4.65. The van der Waals surface area contributed by atoms with Crippen LogP contribution in [-0.2, 0) is 20.1 Å². The molecule has 21 heavy (non-hydrogen) atoms. The molecule has 5 nitrogen and oxygen atoms in total. The van der Waals surface area contributed by atoms with Gasteiger partial charge in [0.15, 0.2) is 11.5 Å². The van der Waals surface area contributed by atoms with E-state index in [2.05, 4.69) is 21.0 Å². The van der Waals surface area contributed by atoms with Crippen molar-refractivity contribution in [2.75, 3.05) is 13.2 Å². The Labute approximate surface area is 133 Å². The molecule has 6 heteroatoms. The van der Waals surface area contributed by atoms with Crippen molar-refractivity contribution in [1.82, 2.24) is 9.78 Å². The van der Waals surface area contributed by atoms with Crippen molar-refractivity contribution in [3.05, 3.63) is 40.1 Å². The lowest BCUT2D eigenvalue weighted by Crippen LogP contribution is -2.05. The van der Waals surface area contributed by atoms with Gasteiger partial charge in [-0.05, 0) is 59.6 Å². The van der Waals surface area contributed by atoms with Gasteiger partial charge >= 0.3 is 0 Å². The molecule has 0 saturated heterocycles. The van der Waals surface area contributed by atoms with Crippen molar-refractivity contribution in [2.45, 2.75) is 20.0 Å². The van der Waals surface area contributed by atoms with Gasteiger partial charge in [0.25, 0.3) is 0 Å². The summed E-state index contributed by atoms with van der Waals surface area (Å²) in [5.74, 6) is 1.43. The maximum atomic E-state index is 5.87. The van der Waals surface area contributed by atoms with Crippen LogP contribution in [0.3, 0.4) is 0 Å². The summed E-state index contributed by atoms with van der Waals surface area (Å²) in [6, 6.07) is 5.93. The summed E-state index contributed by atoms with van der Waals surface area (Å²) in [7, 11) is 1.88. The van der Waals surface area contributed by atoms with Gasteiger partial charge in [0.2, 0.25) is 0 Å². The lowest BCUT2D eigenvalue weighted by Gasteiger charge is -2.14. The van der Waals surface area contributed by atoms with Gasteiger partial charge in [0, 0.05) is 13.2 Å². The Balaban J connectivity index is 2.19. The molecular formula is C15H20BrN3O2. The van der Waals surface area contributed by atoms with Gasteiger partial charge in [-0.2, -0.15) is 5.10 Å². The quantitative estimate of drug-likeness (QED) is 0.831. The lowest BCUT2D eigenvalue weighted by atomic mass is 10.1. The van der Waals surface area contributed by atoms with Crippen molar-refractivity contribution >= 4 is 15.9 Å². The van der Waals surface area contributed by atoms with Crippen molar-refractivity contribution in [2.24, 2.45) is 12.8 Å². The fraction of sp³-hybridized carbons (Fsp3) is 0.400.